The standard InChI is InChI=1S/C20H30N4O2S/c1-5-16(4)21-19(25)14-27-20-23-22-18(24(20)12-11-15(2)3)13-26-17-9-7-6-8-10-17/h6-10,15-16H,5,11-14H2,1-4H3,(H,21,25). The molecule has 2 rings (SSSR count). The first-order chi connectivity index (χ1) is 13.0. The van der Waals surface area contributed by atoms with Crippen molar-refractivity contribution in [3.05, 3.63) is 36.2 Å². The molecule has 0 aliphatic heterocycles. The number of carbonyl (C=O) groups is 1. The SMILES string of the molecule is CCC(C)NC(=O)CSc1nnc(COc2ccccc2)n1CCC(C)C. The molecule has 0 radical (unpaired) electrons. The maximum Gasteiger partial charge on any atom is 0.230 e. The van der Waals surface area contributed by atoms with Gasteiger partial charge in [-0.25, -0.2) is 0 Å². The van der Waals surface area contributed by atoms with E-state index in [9.17, 15) is 4.79 Å². The lowest BCUT2D eigenvalue weighted by Gasteiger charge is -2.13. The molecule has 0 spiro atoms. The van der Waals surface area contributed by atoms with E-state index < -0.39 is 0 Å². The second-order valence-electron chi connectivity index (χ2n) is 7.00. The number of nitrogens with zero attached hydrogens (tertiary/aromatic N) is 3. The summed E-state index contributed by atoms with van der Waals surface area (Å²) in [7, 11) is 0. The number of carbonyl (C=O) groups excluding carboxylic acids is 1. The van der Waals surface area contributed by atoms with Gasteiger partial charge in [0.05, 0.1) is 5.75 Å². The van der Waals surface area contributed by atoms with Crippen LogP contribution in [-0.2, 0) is 17.9 Å². The van der Waals surface area contributed by atoms with Crippen molar-refractivity contribution in [1.82, 2.24) is 20.1 Å². The minimum atomic E-state index is 0.0230. The Bertz CT molecular complexity index is 703. The fraction of sp³-hybridized carbons (Fsp3) is 0.550. The minimum absolute atomic E-state index is 0.0230. The number of hydrogen-bond donors (Lipinski definition) is 1. The van der Waals surface area contributed by atoms with Gasteiger partial charge in [0.15, 0.2) is 11.0 Å². The van der Waals surface area contributed by atoms with Crippen molar-refractivity contribution in [3.8, 4) is 5.75 Å². The third-order valence-electron chi connectivity index (χ3n) is 4.19. The van der Waals surface area contributed by atoms with Crippen LogP contribution < -0.4 is 10.1 Å². The molecule has 0 fully saturated rings. The van der Waals surface area contributed by atoms with Crippen LogP contribution in [0.1, 0.15) is 46.4 Å². The van der Waals surface area contributed by atoms with Crippen LogP contribution in [0.4, 0.5) is 0 Å². The van der Waals surface area contributed by atoms with E-state index in [1.54, 1.807) is 0 Å². The lowest BCUT2D eigenvalue weighted by atomic mass is 10.1. The van der Waals surface area contributed by atoms with Gasteiger partial charge in [-0.2, -0.15) is 0 Å². The molecule has 6 nitrogen and oxygen atoms in total. The second kappa shape index (κ2) is 11.0. The predicted octanol–water partition coefficient (Wildman–Crippen LogP) is 3.91. The third kappa shape index (κ3) is 7.25. The molecule has 27 heavy (non-hydrogen) atoms. The topological polar surface area (TPSA) is 69.0 Å². The van der Waals surface area contributed by atoms with Crippen LogP contribution >= 0.6 is 11.8 Å². The van der Waals surface area contributed by atoms with E-state index in [2.05, 4.69) is 40.9 Å². The average Bonchev–Trinajstić information content (AvgIpc) is 3.05. The Balaban J connectivity index is 2.02. The summed E-state index contributed by atoms with van der Waals surface area (Å²) in [6.45, 7) is 9.61. The van der Waals surface area contributed by atoms with E-state index in [-0.39, 0.29) is 11.9 Å². The molecular formula is C20H30N4O2S. The first-order valence-electron chi connectivity index (χ1n) is 9.51. The van der Waals surface area contributed by atoms with E-state index in [1.807, 2.05) is 37.3 Å². The van der Waals surface area contributed by atoms with E-state index >= 15 is 0 Å². The van der Waals surface area contributed by atoms with Crippen LogP contribution in [0.5, 0.6) is 5.75 Å². The molecule has 1 aromatic heterocycles. The molecule has 0 bridgehead atoms. The molecule has 1 aromatic carbocycles. The molecular weight excluding hydrogens is 360 g/mol. The lowest BCUT2D eigenvalue weighted by molar-refractivity contribution is -0.119. The smallest absolute Gasteiger partial charge is 0.230 e. The molecule has 1 heterocycles. The maximum absolute atomic E-state index is 12.1. The Labute approximate surface area is 166 Å². The zero-order chi connectivity index (χ0) is 19.6. The van der Waals surface area contributed by atoms with Gasteiger partial charge in [-0.1, -0.05) is 50.7 Å². The third-order valence-corrected chi connectivity index (χ3v) is 5.15. The summed E-state index contributed by atoms with van der Waals surface area (Å²) in [5, 5.41) is 12.3. The van der Waals surface area contributed by atoms with Crippen molar-refractivity contribution < 1.29 is 9.53 Å². The number of thioether (sulfide) groups is 1. The van der Waals surface area contributed by atoms with E-state index in [0.717, 1.165) is 36.1 Å². The van der Waals surface area contributed by atoms with Crippen molar-refractivity contribution in [2.24, 2.45) is 5.92 Å². The molecule has 148 valence electrons. The summed E-state index contributed by atoms with van der Waals surface area (Å²) < 4.78 is 7.91. The molecule has 0 saturated carbocycles. The monoisotopic (exact) mass is 390 g/mol. The van der Waals surface area contributed by atoms with Crippen molar-refractivity contribution in [2.45, 2.75) is 64.9 Å². The molecule has 0 saturated heterocycles. The van der Waals surface area contributed by atoms with Crippen LogP contribution in [-0.4, -0.2) is 32.5 Å². The van der Waals surface area contributed by atoms with Crippen LogP contribution in [0.25, 0.3) is 0 Å². The van der Waals surface area contributed by atoms with Crippen LogP contribution in [0.3, 0.4) is 0 Å². The maximum atomic E-state index is 12.1. The largest absolute Gasteiger partial charge is 0.486 e. The van der Waals surface area contributed by atoms with Crippen LogP contribution in [0, 0.1) is 5.92 Å². The Morgan fingerprint density at radius 1 is 1.22 bits per heavy atom. The zero-order valence-corrected chi connectivity index (χ0v) is 17.5. The van der Waals surface area contributed by atoms with Crippen LogP contribution in [0.2, 0.25) is 0 Å². The highest BCUT2D eigenvalue weighted by Crippen LogP contribution is 2.20. The van der Waals surface area contributed by atoms with Gasteiger partial charge >= 0.3 is 0 Å². The average molecular weight is 391 g/mol. The molecule has 1 unspecified atom stereocenters. The molecule has 0 aliphatic rings. The Morgan fingerprint density at radius 2 is 1.96 bits per heavy atom. The molecule has 2 aromatic rings. The summed E-state index contributed by atoms with van der Waals surface area (Å²) >= 11 is 1.42. The zero-order valence-electron chi connectivity index (χ0n) is 16.6. The van der Waals surface area contributed by atoms with Gasteiger partial charge in [0.1, 0.15) is 12.4 Å². The van der Waals surface area contributed by atoms with E-state index in [0.29, 0.717) is 18.3 Å². The molecule has 1 atom stereocenters. The normalized spacial score (nSPS) is 12.2. The molecule has 1 amide bonds. The van der Waals surface area contributed by atoms with Gasteiger partial charge in [-0.15, -0.1) is 10.2 Å². The summed E-state index contributed by atoms with van der Waals surface area (Å²) in [4.78, 5) is 12.1. The number of benzene rings is 1. The number of aromatic nitrogens is 3. The lowest BCUT2D eigenvalue weighted by Crippen LogP contribution is -2.33. The highest BCUT2D eigenvalue weighted by Gasteiger charge is 2.16. The molecule has 0 aliphatic carbocycles. The van der Waals surface area contributed by atoms with E-state index in [1.165, 1.54) is 11.8 Å². The van der Waals surface area contributed by atoms with Crippen molar-refractivity contribution >= 4 is 17.7 Å². The Morgan fingerprint density at radius 3 is 2.63 bits per heavy atom. The summed E-state index contributed by atoms with van der Waals surface area (Å²) in [5.41, 5.74) is 0. The van der Waals surface area contributed by atoms with Gasteiger partial charge in [0, 0.05) is 12.6 Å². The number of para-hydroxylation sites is 1. The van der Waals surface area contributed by atoms with Crippen molar-refractivity contribution in [2.75, 3.05) is 5.75 Å². The predicted molar refractivity (Wildman–Crippen MR) is 109 cm³/mol. The number of hydrogen-bond acceptors (Lipinski definition) is 5. The van der Waals surface area contributed by atoms with Crippen LogP contribution in [0.15, 0.2) is 35.5 Å². The Hall–Kier alpha value is -2.02. The van der Waals surface area contributed by atoms with Gasteiger partial charge in [-0.05, 0) is 37.8 Å². The van der Waals surface area contributed by atoms with E-state index in [4.69, 9.17) is 4.74 Å². The van der Waals surface area contributed by atoms with Gasteiger partial charge in [-0.3, -0.25) is 4.79 Å². The fourth-order valence-corrected chi connectivity index (χ4v) is 3.15. The first kappa shape index (κ1) is 21.3. The van der Waals surface area contributed by atoms with Crippen molar-refractivity contribution in [1.29, 1.82) is 0 Å². The van der Waals surface area contributed by atoms with Crippen molar-refractivity contribution in [3.63, 3.8) is 0 Å². The molecule has 1 N–H and O–H groups in total. The minimum Gasteiger partial charge on any atom is -0.486 e. The summed E-state index contributed by atoms with van der Waals surface area (Å²) in [5.74, 6) is 2.52. The fourth-order valence-electron chi connectivity index (χ4n) is 2.36. The summed E-state index contributed by atoms with van der Waals surface area (Å²) in [6.07, 6.45) is 1.94. The Kier molecular flexibility index (Phi) is 8.64. The quantitative estimate of drug-likeness (QED) is 0.589. The van der Waals surface area contributed by atoms with Gasteiger partial charge in [0.25, 0.3) is 0 Å². The number of amides is 1. The highest BCUT2D eigenvalue weighted by molar-refractivity contribution is 7.99. The number of nitrogens with one attached hydrogen (secondary N) is 1. The van der Waals surface area contributed by atoms with Gasteiger partial charge < -0.3 is 14.6 Å². The first-order valence-corrected chi connectivity index (χ1v) is 10.5. The molecule has 7 heteroatoms. The second-order valence-corrected chi connectivity index (χ2v) is 7.94. The number of rotatable bonds is 11. The van der Waals surface area contributed by atoms with Gasteiger partial charge in [0.2, 0.25) is 5.91 Å². The number of ether oxygens (including phenoxy) is 1. The highest BCUT2D eigenvalue weighted by atomic mass is 32.2. The summed E-state index contributed by atoms with van der Waals surface area (Å²) in [6, 6.07) is 9.86.